The molecule has 0 aliphatic rings. The molecule has 7 heteroatoms. The van der Waals surface area contributed by atoms with Crippen LogP contribution >= 0.6 is 0 Å². The Labute approximate surface area is 167 Å². The van der Waals surface area contributed by atoms with Gasteiger partial charge < -0.3 is 19.2 Å². The first kappa shape index (κ1) is 20.1. The summed E-state index contributed by atoms with van der Waals surface area (Å²) in [6.45, 7) is 1.53. The number of Topliss-reactive ketones (excluding diaryl/α,β-unsaturated/α-hetero) is 1. The second-order valence-electron chi connectivity index (χ2n) is 6.48. The smallest absolute Gasteiger partial charge is 0.408 e. The van der Waals surface area contributed by atoms with E-state index in [1.54, 1.807) is 18.2 Å². The van der Waals surface area contributed by atoms with E-state index in [2.05, 4.69) is 5.32 Å². The molecule has 1 atom stereocenters. The lowest BCUT2D eigenvalue weighted by Gasteiger charge is -2.16. The van der Waals surface area contributed by atoms with Crippen LogP contribution in [0.3, 0.4) is 0 Å². The molecule has 1 amide bonds. The number of ether oxygens (including phenoxy) is 2. The predicted octanol–water partition coefficient (Wildman–Crippen LogP) is 3.65. The number of carbonyl (C=O) groups excluding carboxylic acids is 3. The van der Waals surface area contributed by atoms with Crippen LogP contribution in [0.5, 0.6) is 0 Å². The minimum atomic E-state index is -0.996. The SMILES string of the molecule is COC(=O)[C@H](Cc1coc2cccc(C(C)=O)c12)NC(=O)OCc1ccccc1. The van der Waals surface area contributed by atoms with E-state index < -0.39 is 18.1 Å². The lowest BCUT2D eigenvalue weighted by atomic mass is 9.99. The summed E-state index contributed by atoms with van der Waals surface area (Å²) in [6, 6.07) is 13.3. The van der Waals surface area contributed by atoms with Gasteiger partial charge in [-0.3, -0.25) is 4.79 Å². The fourth-order valence-electron chi connectivity index (χ4n) is 3.06. The van der Waals surface area contributed by atoms with Crippen molar-refractivity contribution in [1.82, 2.24) is 5.32 Å². The van der Waals surface area contributed by atoms with E-state index in [0.717, 1.165) is 5.56 Å². The van der Waals surface area contributed by atoms with E-state index in [9.17, 15) is 14.4 Å². The Morgan fingerprint density at radius 2 is 1.83 bits per heavy atom. The third-order valence-electron chi connectivity index (χ3n) is 4.47. The summed E-state index contributed by atoms with van der Waals surface area (Å²) in [4.78, 5) is 36.4. The van der Waals surface area contributed by atoms with Gasteiger partial charge in [0.2, 0.25) is 0 Å². The number of amides is 1. The molecule has 7 nitrogen and oxygen atoms in total. The molecular weight excluding hydrogens is 374 g/mol. The Bertz CT molecular complexity index is 1020. The highest BCUT2D eigenvalue weighted by atomic mass is 16.6. The van der Waals surface area contributed by atoms with Crippen molar-refractivity contribution in [3.8, 4) is 0 Å². The van der Waals surface area contributed by atoms with Gasteiger partial charge in [0.25, 0.3) is 0 Å². The highest BCUT2D eigenvalue weighted by Crippen LogP contribution is 2.26. The first-order chi connectivity index (χ1) is 14.0. The van der Waals surface area contributed by atoms with Crippen molar-refractivity contribution in [2.75, 3.05) is 7.11 Å². The van der Waals surface area contributed by atoms with E-state index in [1.807, 2.05) is 30.3 Å². The molecule has 0 unspecified atom stereocenters. The number of rotatable bonds is 7. The fourth-order valence-corrected chi connectivity index (χ4v) is 3.06. The van der Waals surface area contributed by atoms with E-state index >= 15 is 0 Å². The number of nitrogens with one attached hydrogen (secondary N) is 1. The minimum Gasteiger partial charge on any atom is -0.467 e. The number of carbonyl (C=O) groups is 3. The number of hydrogen-bond donors (Lipinski definition) is 1. The van der Waals surface area contributed by atoms with Crippen LogP contribution in [-0.4, -0.2) is 31.0 Å². The second kappa shape index (κ2) is 9.05. The molecule has 1 heterocycles. The van der Waals surface area contributed by atoms with Gasteiger partial charge in [-0.05, 0) is 18.6 Å². The van der Waals surface area contributed by atoms with Crippen LogP contribution in [0.1, 0.15) is 28.4 Å². The Morgan fingerprint density at radius 1 is 1.07 bits per heavy atom. The largest absolute Gasteiger partial charge is 0.467 e. The van der Waals surface area contributed by atoms with E-state index in [-0.39, 0.29) is 18.8 Å². The van der Waals surface area contributed by atoms with Crippen molar-refractivity contribution < 1.29 is 28.3 Å². The Balaban J connectivity index is 1.76. The summed E-state index contributed by atoms with van der Waals surface area (Å²) in [5.74, 6) is -0.751. The van der Waals surface area contributed by atoms with Crippen LogP contribution in [0.4, 0.5) is 4.79 Å². The molecule has 1 aromatic heterocycles. The summed E-state index contributed by atoms with van der Waals surface area (Å²) in [7, 11) is 1.24. The van der Waals surface area contributed by atoms with Gasteiger partial charge in [0.05, 0.1) is 13.4 Å². The summed E-state index contributed by atoms with van der Waals surface area (Å²) < 4.78 is 15.5. The first-order valence-electron chi connectivity index (χ1n) is 9.04. The highest BCUT2D eigenvalue weighted by Gasteiger charge is 2.25. The number of furan rings is 1. The second-order valence-corrected chi connectivity index (χ2v) is 6.48. The number of ketones is 1. The van der Waals surface area contributed by atoms with Crippen LogP contribution < -0.4 is 5.32 Å². The maximum atomic E-state index is 12.2. The molecule has 0 spiro atoms. The van der Waals surface area contributed by atoms with Gasteiger partial charge in [0.1, 0.15) is 18.2 Å². The number of methoxy groups -OCH3 is 1. The fraction of sp³-hybridized carbons (Fsp3) is 0.227. The van der Waals surface area contributed by atoms with Gasteiger partial charge >= 0.3 is 12.1 Å². The molecule has 150 valence electrons. The van der Waals surface area contributed by atoms with Crippen LogP contribution in [0.25, 0.3) is 11.0 Å². The maximum Gasteiger partial charge on any atom is 0.408 e. The molecule has 3 rings (SSSR count). The average molecular weight is 395 g/mol. The molecule has 2 aromatic carbocycles. The lowest BCUT2D eigenvalue weighted by Crippen LogP contribution is -2.43. The van der Waals surface area contributed by atoms with Crippen molar-refractivity contribution >= 4 is 28.8 Å². The number of benzene rings is 2. The van der Waals surface area contributed by atoms with E-state index in [0.29, 0.717) is 22.1 Å². The van der Waals surface area contributed by atoms with Crippen molar-refractivity contribution in [2.45, 2.75) is 26.0 Å². The zero-order chi connectivity index (χ0) is 20.8. The van der Waals surface area contributed by atoms with Crippen LogP contribution in [-0.2, 0) is 27.3 Å². The quantitative estimate of drug-likeness (QED) is 0.485. The normalized spacial score (nSPS) is 11.7. The molecule has 3 aromatic rings. The number of alkyl carbamates (subject to hydrolysis) is 1. The van der Waals surface area contributed by atoms with Crippen LogP contribution in [0.2, 0.25) is 0 Å². The van der Waals surface area contributed by atoms with E-state index in [1.165, 1.54) is 20.3 Å². The topological polar surface area (TPSA) is 94.8 Å². The molecule has 29 heavy (non-hydrogen) atoms. The standard InChI is InChI=1S/C22H21NO6/c1-14(24)17-9-6-10-19-20(17)16(13-28-19)11-18(21(25)27-2)23-22(26)29-12-15-7-4-3-5-8-15/h3-10,13,18H,11-12H2,1-2H3,(H,23,26)/t18-/m0/s1. The van der Waals surface area contributed by atoms with Crippen molar-refractivity contribution in [3.05, 3.63) is 71.5 Å². The molecule has 0 fully saturated rings. The van der Waals surface area contributed by atoms with Crippen molar-refractivity contribution in [2.24, 2.45) is 0 Å². The van der Waals surface area contributed by atoms with Crippen molar-refractivity contribution in [1.29, 1.82) is 0 Å². The predicted molar refractivity (Wildman–Crippen MR) is 105 cm³/mol. The summed E-state index contributed by atoms with van der Waals surface area (Å²) in [5.41, 5.74) is 2.46. The van der Waals surface area contributed by atoms with Crippen LogP contribution in [0.15, 0.2) is 59.2 Å². The molecule has 0 aliphatic heterocycles. The van der Waals surface area contributed by atoms with Gasteiger partial charge in [-0.25, -0.2) is 9.59 Å². The Morgan fingerprint density at radius 3 is 2.52 bits per heavy atom. The molecule has 0 saturated heterocycles. The molecule has 0 radical (unpaired) electrons. The summed E-state index contributed by atoms with van der Waals surface area (Å²) >= 11 is 0. The average Bonchev–Trinajstić information content (AvgIpc) is 3.14. The highest BCUT2D eigenvalue weighted by molar-refractivity contribution is 6.07. The molecule has 0 saturated carbocycles. The molecule has 0 aliphatic carbocycles. The van der Waals surface area contributed by atoms with Gasteiger partial charge in [-0.1, -0.05) is 42.5 Å². The van der Waals surface area contributed by atoms with Crippen molar-refractivity contribution in [3.63, 3.8) is 0 Å². The number of fused-ring (bicyclic) bond motifs is 1. The molecule has 0 bridgehead atoms. The monoisotopic (exact) mass is 395 g/mol. The summed E-state index contributed by atoms with van der Waals surface area (Å²) in [5, 5.41) is 3.15. The maximum absolute atomic E-state index is 12.2. The number of hydrogen-bond acceptors (Lipinski definition) is 6. The third-order valence-corrected chi connectivity index (χ3v) is 4.47. The number of esters is 1. The van der Waals surface area contributed by atoms with Gasteiger partial charge in [-0.2, -0.15) is 0 Å². The first-order valence-corrected chi connectivity index (χ1v) is 9.04. The van der Waals surface area contributed by atoms with Crippen LogP contribution in [0, 0.1) is 0 Å². The Hall–Kier alpha value is -3.61. The Kier molecular flexibility index (Phi) is 6.29. The lowest BCUT2D eigenvalue weighted by molar-refractivity contribution is -0.143. The van der Waals surface area contributed by atoms with Gasteiger partial charge in [0.15, 0.2) is 5.78 Å². The zero-order valence-corrected chi connectivity index (χ0v) is 16.1. The van der Waals surface area contributed by atoms with E-state index in [4.69, 9.17) is 13.9 Å². The third kappa shape index (κ3) is 4.82. The van der Waals surface area contributed by atoms with Gasteiger partial charge in [0, 0.05) is 22.9 Å². The van der Waals surface area contributed by atoms with Gasteiger partial charge in [-0.15, -0.1) is 0 Å². The zero-order valence-electron chi connectivity index (χ0n) is 16.1. The molecule has 1 N–H and O–H groups in total. The minimum absolute atomic E-state index is 0.0731. The molecular formula is C22H21NO6. The summed E-state index contributed by atoms with van der Waals surface area (Å²) in [6.07, 6.45) is 0.817.